The minimum absolute atomic E-state index is 0.398. The first-order valence-corrected chi connectivity index (χ1v) is 7.03. The lowest BCUT2D eigenvalue weighted by atomic mass is 9.93. The Kier molecular flexibility index (Phi) is 3.35. The second kappa shape index (κ2) is 4.97. The van der Waals surface area contributed by atoms with Crippen molar-refractivity contribution >= 4 is 0 Å². The number of aryl methyl sites for hydroxylation is 1. The Bertz CT molecular complexity index is 409. The molecule has 2 aliphatic heterocycles. The molecule has 0 radical (unpaired) electrons. The lowest BCUT2D eigenvalue weighted by molar-refractivity contribution is 0.0735. The van der Waals surface area contributed by atoms with Gasteiger partial charge in [0.15, 0.2) is 0 Å². The summed E-state index contributed by atoms with van der Waals surface area (Å²) in [5.74, 6) is 2.66. The highest BCUT2D eigenvalue weighted by atomic mass is 16.3. The molecular formula is C13H22N4O. The minimum atomic E-state index is -0.398. The molecule has 1 aromatic rings. The number of aliphatic hydroxyl groups is 1. The zero-order valence-electron chi connectivity index (χ0n) is 11.0. The monoisotopic (exact) mass is 250 g/mol. The van der Waals surface area contributed by atoms with E-state index >= 15 is 0 Å². The number of rotatable bonds is 2. The van der Waals surface area contributed by atoms with Gasteiger partial charge >= 0.3 is 0 Å². The summed E-state index contributed by atoms with van der Waals surface area (Å²) in [7, 11) is 2.18. The van der Waals surface area contributed by atoms with E-state index in [1.165, 1.54) is 25.9 Å². The highest BCUT2D eigenvalue weighted by Gasteiger charge is 2.25. The van der Waals surface area contributed by atoms with Gasteiger partial charge in [0.05, 0.1) is 0 Å². The van der Waals surface area contributed by atoms with Gasteiger partial charge in [0, 0.05) is 12.8 Å². The summed E-state index contributed by atoms with van der Waals surface area (Å²) in [6.07, 6.45) is 5.85. The van der Waals surface area contributed by atoms with Gasteiger partial charge in [0.25, 0.3) is 0 Å². The van der Waals surface area contributed by atoms with Crippen LogP contribution in [0.5, 0.6) is 0 Å². The van der Waals surface area contributed by atoms with Crippen molar-refractivity contribution < 1.29 is 5.11 Å². The Labute approximate surface area is 108 Å². The third-order valence-electron chi connectivity index (χ3n) is 4.31. The molecule has 3 heterocycles. The molecule has 100 valence electrons. The van der Waals surface area contributed by atoms with E-state index < -0.39 is 6.23 Å². The van der Waals surface area contributed by atoms with Crippen molar-refractivity contribution in [2.45, 2.75) is 44.8 Å². The lowest BCUT2D eigenvalue weighted by Crippen LogP contribution is -2.31. The number of hydrogen-bond donors (Lipinski definition) is 1. The van der Waals surface area contributed by atoms with Crippen LogP contribution in [0.3, 0.4) is 0 Å². The fourth-order valence-electron chi connectivity index (χ4n) is 3.11. The molecule has 1 fully saturated rings. The largest absolute Gasteiger partial charge is 0.373 e. The second-order valence-electron chi connectivity index (χ2n) is 5.73. The maximum atomic E-state index is 10.1. The van der Waals surface area contributed by atoms with E-state index in [0.29, 0.717) is 5.92 Å². The molecule has 0 amide bonds. The third-order valence-corrected chi connectivity index (χ3v) is 4.31. The van der Waals surface area contributed by atoms with Gasteiger partial charge in [0.1, 0.15) is 17.9 Å². The van der Waals surface area contributed by atoms with Crippen LogP contribution in [-0.2, 0) is 12.8 Å². The standard InChI is InChI=1S/C13H22N4O/c1-16-7-5-10(6-8-16)9-12-15-14-11-3-2-4-13(18)17(11)12/h10,13,18H,2-9H2,1H3. The molecule has 3 rings (SSSR count). The van der Waals surface area contributed by atoms with Crippen LogP contribution in [0.15, 0.2) is 0 Å². The van der Waals surface area contributed by atoms with E-state index in [1.807, 2.05) is 4.57 Å². The van der Waals surface area contributed by atoms with Gasteiger partial charge in [-0.15, -0.1) is 10.2 Å². The van der Waals surface area contributed by atoms with Gasteiger partial charge < -0.3 is 10.0 Å². The van der Waals surface area contributed by atoms with Crippen LogP contribution in [0.2, 0.25) is 0 Å². The van der Waals surface area contributed by atoms with Gasteiger partial charge in [-0.2, -0.15) is 0 Å². The van der Waals surface area contributed by atoms with Crippen molar-refractivity contribution in [2.75, 3.05) is 20.1 Å². The number of hydrogen-bond acceptors (Lipinski definition) is 4. The predicted molar refractivity (Wildman–Crippen MR) is 68.1 cm³/mol. The molecule has 1 unspecified atom stereocenters. The molecule has 0 saturated carbocycles. The van der Waals surface area contributed by atoms with E-state index in [1.54, 1.807) is 0 Å². The fraction of sp³-hybridized carbons (Fsp3) is 0.846. The molecule has 0 aromatic carbocycles. The molecule has 0 spiro atoms. The molecule has 5 nitrogen and oxygen atoms in total. The van der Waals surface area contributed by atoms with Crippen molar-refractivity contribution in [1.82, 2.24) is 19.7 Å². The highest BCUT2D eigenvalue weighted by Crippen LogP contribution is 2.26. The topological polar surface area (TPSA) is 54.2 Å². The van der Waals surface area contributed by atoms with Crippen LogP contribution in [0, 0.1) is 5.92 Å². The molecule has 1 N–H and O–H groups in total. The van der Waals surface area contributed by atoms with Crippen molar-refractivity contribution in [1.29, 1.82) is 0 Å². The average Bonchev–Trinajstić information content (AvgIpc) is 2.77. The maximum Gasteiger partial charge on any atom is 0.135 e. The van der Waals surface area contributed by atoms with E-state index in [9.17, 15) is 5.11 Å². The summed E-state index contributed by atoms with van der Waals surface area (Å²) in [5.41, 5.74) is 0. The minimum Gasteiger partial charge on any atom is -0.373 e. The number of piperidine rings is 1. The van der Waals surface area contributed by atoms with Gasteiger partial charge in [-0.05, 0) is 51.7 Å². The maximum absolute atomic E-state index is 10.1. The first-order chi connectivity index (χ1) is 8.74. The molecule has 5 heteroatoms. The molecule has 1 atom stereocenters. The van der Waals surface area contributed by atoms with Crippen LogP contribution in [0.4, 0.5) is 0 Å². The summed E-state index contributed by atoms with van der Waals surface area (Å²) in [5, 5.41) is 18.6. The molecular weight excluding hydrogens is 228 g/mol. The van der Waals surface area contributed by atoms with Crippen LogP contribution >= 0.6 is 0 Å². The third kappa shape index (κ3) is 2.29. The van der Waals surface area contributed by atoms with Crippen molar-refractivity contribution in [3.05, 3.63) is 11.6 Å². The summed E-state index contributed by atoms with van der Waals surface area (Å²) < 4.78 is 1.97. The SMILES string of the molecule is CN1CCC(Cc2nnc3n2C(O)CCC3)CC1. The van der Waals surface area contributed by atoms with E-state index in [0.717, 1.165) is 37.3 Å². The lowest BCUT2D eigenvalue weighted by Gasteiger charge is -2.29. The number of nitrogens with zero attached hydrogens (tertiary/aromatic N) is 4. The van der Waals surface area contributed by atoms with E-state index in [-0.39, 0.29) is 0 Å². The molecule has 1 saturated heterocycles. The Morgan fingerprint density at radius 3 is 2.78 bits per heavy atom. The highest BCUT2D eigenvalue weighted by molar-refractivity contribution is 5.01. The van der Waals surface area contributed by atoms with E-state index in [2.05, 4.69) is 22.1 Å². The van der Waals surface area contributed by atoms with Crippen LogP contribution in [-0.4, -0.2) is 44.9 Å². The summed E-state index contributed by atoms with van der Waals surface area (Å²) in [4.78, 5) is 2.38. The normalized spacial score (nSPS) is 26.2. The Morgan fingerprint density at radius 1 is 1.22 bits per heavy atom. The Hall–Kier alpha value is -0.940. The number of aliphatic hydroxyl groups excluding tert-OH is 1. The predicted octanol–water partition coefficient (Wildman–Crippen LogP) is 0.990. The molecule has 0 bridgehead atoms. The van der Waals surface area contributed by atoms with Gasteiger partial charge in [-0.25, -0.2) is 0 Å². The first-order valence-electron chi connectivity index (χ1n) is 7.03. The van der Waals surface area contributed by atoms with Gasteiger partial charge in [0.2, 0.25) is 0 Å². The van der Waals surface area contributed by atoms with Crippen LogP contribution in [0.1, 0.15) is 43.6 Å². The van der Waals surface area contributed by atoms with Crippen LogP contribution < -0.4 is 0 Å². The van der Waals surface area contributed by atoms with Gasteiger partial charge in [-0.3, -0.25) is 4.57 Å². The fourth-order valence-corrected chi connectivity index (χ4v) is 3.11. The first kappa shape index (κ1) is 12.1. The molecule has 2 aliphatic rings. The quantitative estimate of drug-likeness (QED) is 0.850. The second-order valence-corrected chi connectivity index (χ2v) is 5.73. The Morgan fingerprint density at radius 2 is 2.00 bits per heavy atom. The van der Waals surface area contributed by atoms with Crippen molar-refractivity contribution in [3.8, 4) is 0 Å². The number of fused-ring (bicyclic) bond motifs is 1. The summed E-state index contributed by atoms with van der Waals surface area (Å²) >= 11 is 0. The Balaban J connectivity index is 1.71. The van der Waals surface area contributed by atoms with Crippen molar-refractivity contribution in [3.63, 3.8) is 0 Å². The summed E-state index contributed by atoms with van der Waals surface area (Å²) in [6, 6.07) is 0. The zero-order valence-corrected chi connectivity index (χ0v) is 11.0. The zero-order chi connectivity index (χ0) is 12.5. The van der Waals surface area contributed by atoms with E-state index in [4.69, 9.17) is 0 Å². The number of likely N-dealkylation sites (tertiary alicyclic amines) is 1. The van der Waals surface area contributed by atoms with Gasteiger partial charge in [-0.1, -0.05) is 0 Å². The molecule has 18 heavy (non-hydrogen) atoms. The summed E-state index contributed by atoms with van der Waals surface area (Å²) in [6.45, 7) is 2.35. The molecule has 1 aromatic heterocycles. The number of aromatic nitrogens is 3. The molecule has 0 aliphatic carbocycles. The van der Waals surface area contributed by atoms with Crippen molar-refractivity contribution in [2.24, 2.45) is 5.92 Å². The smallest absolute Gasteiger partial charge is 0.135 e. The van der Waals surface area contributed by atoms with Crippen LogP contribution in [0.25, 0.3) is 0 Å². The average molecular weight is 250 g/mol.